The largest absolute Gasteiger partial charge is 0.345 e. The third kappa shape index (κ3) is 3.66. The lowest BCUT2D eigenvalue weighted by molar-refractivity contribution is -0.126. The van der Waals surface area contributed by atoms with Crippen molar-refractivity contribution in [2.75, 3.05) is 26.7 Å². The van der Waals surface area contributed by atoms with Crippen molar-refractivity contribution in [3.63, 3.8) is 0 Å². The molecular weight excluding hydrogens is 176 g/mol. The quantitative estimate of drug-likeness (QED) is 0.651. The molecule has 0 bridgehead atoms. The molecule has 3 heteroatoms. The van der Waals surface area contributed by atoms with Crippen molar-refractivity contribution in [2.45, 2.75) is 32.6 Å². The molecule has 1 aliphatic heterocycles. The Hall–Kier alpha value is -0.570. The number of carbonyl (C=O) groups is 1. The van der Waals surface area contributed by atoms with Crippen LogP contribution in [0.25, 0.3) is 0 Å². The second kappa shape index (κ2) is 6.02. The fourth-order valence-corrected chi connectivity index (χ4v) is 1.90. The average molecular weight is 198 g/mol. The van der Waals surface area contributed by atoms with E-state index >= 15 is 0 Å². The minimum Gasteiger partial charge on any atom is -0.345 e. The zero-order valence-corrected chi connectivity index (χ0v) is 9.38. The fourth-order valence-electron chi connectivity index (χ4n) is 1.90. The van der Waals surface area contributed by atoms with Crippen LogP contribution in [-0.4, -0.2) is 37.5 Å². The van der Waals surface area contributed by atoms with Gasteiger partial charge in [0, 0.05) is 26.6 Å². The minimum atomic E-state index is 0.297. The predicted molar refractivity (Wildman–Crippen MR) is 58.1 cm³/mol. The Bertz CT molecular complexity index is 182. The molecule has 0 spiro atoms. The second-order valence-electron chi connectivity index (χ2n) is 4.26. The topological polar surface area (TPSA) is 32.3 Å². The Morgan fingerprint density at radius 1 is 1.50 bits per heavy atom. The van der Waals surface area contributed by atoms with Crippen LogP contribution in [0.2, 0.25) is 0 Å². The van der Waals surface area contributed by atoms with Gasteiger partial charge in [0.1, 0.15) is 0 Å². The average Bonchev–Trinajstić information content (AvgIpc) is 2.46. The Morgan fingerprint density at radius 3 is 2.86 bits per heavy atom. The fraction of sp³-hybridized carbons (Fsp3) is 0.909. The van der Waals surface area contributed by atoms with Gasteiger partial charge in [0.05, 0.1) is 0 Å². The highest BCUT2D eigenvalue weighted by Gasteiger charge is 2.25. The van der Waals surface area contributed by atoms with Gasteiger partial charge in [-0.3, -0.25) is 4.79 Å². The summed E-state index contributed by atoms with van der Waals surface area (Å²) in [5, 5.41) is 3.42. The number of nitrogens with one attached hydrogen (secondary N) is 1. The molecule has 1 saturated heterocycles. The highest BCUT2D eigenvalue weighted by Crippen LogP contribution is 2.14. The number of rotatable bonds is 6. The van der Waals surface area contributed by atoms with Gasteiger partial charge in [-0.15, -0.1) is 0 Å². The second-order valence-corrected chi connectivity index (χ2v) is 4.26. The molecule has 0 aliphatic carbocycles. The molecule has 1 N–H and O–H groups in total. The van der Waals surface area contributed by atoms with Crippen molar-refractivity contribution in [3.8, 4) is 0 Å². The van der Waals surface area contributed by atoms with Gasteiger partial charge in [-0.25, -0.2) is 0 Å². The highest BCUT2D eigenvalue weighted by atomic mass is 16.2. The van der Waals surface area contributed by atoms with Gasteiger partial charge in [-0.05, 0) is 18.9 Å². The Labute approximate surface area is 86.9 Å². The molecule has 1 atom stereocenters. The van der Waals surface area contributed by atoms with E-state index in [-0.39, 0.29) is 0 Å². The maximum absolute atomic E-state index is 11.2. The van der Waals surface area contributed by atoms with E-state index in [1.807, 2.05) is 11.9 Å². The Balaban J connectivity index is 2.00. The number of nitrogens with zero attached hydrogens (tertiary/aromatic N) is 1. The SMILES string of the molecule is CCCCCNCC1CC(=O)N(C)C1. The van der Waals surface area contributed by atoms with Gasteiger partial charge >= 0.3 is 0 Å². The molecule has 1 heterocycles. The number of amides is 1. The van der Waals surface area contributed by atoms with Crippen LogP contribution in [0.5, 0.6) is 0 Å². The van der Waals surface area contributed by atoms with Crippen molar-refractivity contribution < 1.29 is 4.79 Å². The lowest BCUT2D eigenvalue weighted by atomic mass is 10.1. The zero-order valence-electron chi connectivity index (χ0n) is 9.38. The van der Waals surface area contributed by atoms with Crippen LogP contribution in [-0.2, 0) is 4.79 Å². The maximum atomic E-state index is 11.2. The maximum Gasteiger partial charge on any atom is 0.222 e. The number of hydrogen-bond acceptors (Lipinski definition) is 2. The smallest absolute Gasteiger partial charge is 0.222 e. The molecule has 0 aromatic carbocycles. The van der Waals surface area contributed by atoms with E-state index in [4.69, 9.17) is 0 Å². The van der Waals surface area contributed by atoms with E-state index < -0.39 is 0 Å². The third-order valence-electron chi connectivity index (χ3n) is 2.81. The first-order valence-electron chi connectivity index (χ1n) is 5.68. The normalized spacial score (nSPS) is 22.0. The van der Waals surface area contributed by atoms with Crippen molar-refractivity contribution in [1.29, 1.82) is 0 Å². The molecular formula is C11H22N2O. The molecule has 1 unspecified atom stereocenters. The molecule has 1 amide bonds. The molecule has 1 fully saturated rings. The minimum absolute atomic E-state index is 0.297. The summed E-state index contributed by atoms with van der Waals surface area (Å²) >= 11 is 0. The van der Waals surface area contributed by atoms with Crippen molar-refractivity contribution in [2.24, 2.45) is 5.92 Å². The molecule has 1 rings (SSSR count). The Kier molecular flexibility index (Phi) is 4.94. The van der Waals surface area contributed by atoms with Crippen LogP contribution in [0.1, 0.15) is 32.6 Å². The van der Waals surface area contributed by atoms with Gasteiger partial charge in [0.15, 0.2) is 0 Å². The van der Waals surface area contributed by atoms with Crippen molar-refractivity contribution in [3.05, 3.63) is 0 Å². The summed E-state index contributed by atoms with van der Waals surface area (Å²) in [4.78, 5) is 13.0. The van der Waals surface area contributed by atoms with E-state index in [1.54, 1.807) is 0 Å². The van der Waals surface area contributed by atoms with Crippen LogP contribution < -0.4 is 5.32 Å². The predicted octanol–water partition coefficient (Wildman–Crippen LogP) is 1.24. The number of likely N-dealkylation sites (tertiary alicyclic amines) is 1. The molecule has 0 saturated carbocycles. The first kappa shape index (κ1) is 11.5. The zero-order chi connectivity index (χ0) is 10.4. The summed E-state index contributed by atoms with van der Waals surface area (Å²) in [6.07, 6.45) is 4.56. The van der Waals surface area contributed by atoms with E-state index in [1.165, 1.54) is 19.3 Å². The molecule has 82 valence electrons. The molecule has 0 aromatic rings. The first-order valence-corrected chi connectivity index (χ1v) is 5.68. The van der Waals surface area contributed by atoms with E-state index in [0.717, 1.165) is 26.1 Å². The first-order chi connectivity index (χ1) is 6.74. The summed E-state index contributed by atoms with van der Waals surface area (Å²) in [6, 6.07) is 0. The lowest BCUT2D eigenvalue weighted by Crippen LogP contribution is -2.26. The number of carbonyl (C=O) groups excluding carboxylic acids is 1. The summed E-state index contributed by atoms with van der Waals surface area (Å²) in [5.41, 5.74) is 0. The highest BCUT2D eigenvalue weighted by molar-refractivity contribution is 5.78. The summed E-state index contributed by atoms with van der Waals surface area (Å²) < 4.78 is 0. The van der Waals surface area contributed by atoms with Gasteiger partial charge in [-0.1, -0.05) is 19.8 Å². The van der Waals surface area contributed by atoms with Crippen LogP contribution in [0.3, 0.4) is 0 Å². The van der Waals surface area contributed by atoms with Crippen LogP contribution in [0, 0.1) is 5.92 Å². The molecule has 0 radical (unpaired) electrons. The van der Waals surface area contributed by atoms with Crippen molar-refractivity contribution in [1.82, 2.24) is 10.2 Å². The summed E-state index contributed by atoms with van der Waals surface area (Å²) in [6.45, 7) is 5.24. The van der Waals surface area contributed by atoms with Gasteiger partial charge in [0.25, 0.3) is 0 Å². The molecule has 14 heavy (non-hydrogen) atoms. The van der Waals surface area contributed by atoms with Crippen LogP contribution in [0.15, 0.2) is 0 Å². The van der Waals surface area contributed by atoms with Gasteiger partial charge < -0.3 is 10.2 Å². The monoisotopic (exact) mass is 198 g/mol. The molecule has 3 nitrogen and oxygen atoms in total. The summed E-state index contributed by atoms with van der Waals surface area (Å²) in [5.74, 6) is 0.833. The van der Waals surface area contributed by atoms with E-state index in [9.17, 15) is 4.79 Å². The standard InChI is InChI=1S/C11H22N2O/c1-3-4-5-6-12-8-10-7-11(14)13(2)9-10/h10,12H,3-9H2,1-2H3. The van der Waals surface area contributed by atoms with E-state index in [0.29, 0.717) is 11.8 Å². The third-order valence-corrected chi connectivity index (χ3v) is 2.81. The number of hydrogen-bond donors (Lipinski definition) is 1. The van der Waals surface area contributed by atoms with E-state index in [2.05, 4.69) is 12.2 Å². The number of unbranched alkanes of at least 4 members (excludes halogenated alkanes) is 2. The van der Waals surface area contributed by atoms with Gasteiger partial charge in [0.2, 0.25) is 5.91 Å². The molecule has 1 aliphatic rings. The van der Waals surface area contributed by atoms with Crippen molar-refractivity contribution >= 4 is 5.91 Å². The van der Waals surface area contributed by atoms with Gasteiger partial charge in [-0.2, -0.15) is 0 Å². The summed E-state index contributed by atoms with van der Waals surface area (Å²) in [7, 11) is 1.89. The van der Waals surface area contributed by atoms with Crippen LogP contribution >= 0.6 is 0 Å². The van der Waals surface area contributed by atoms with Crippen LogP contribution in [0.4, 0.5) is 0 Å². The molecule has 0 aromatic heterocycles. The lowest BCUT2D eigenvalue weighted by Gasteiger charge is -2.10. The Morgan fingerprint density at radius 2 is 2.29 bits per heavy atom.